The summed E-state index contributed by atoms with van der Waals surface area (Å²) < 4.78 is 16.3. The highest BCUT2D eigenvalue weighted by Gasteiger charge is 2.41. The number of benzene rings is 1. The molecule has 7 nitrogen and oxygen atoms in total. The van der Waals surface area contributed by atoms with Crippen molar-refractivity contribution >= 4 is 18.3 Å². The Morgan fingerprint density at radius 2 is 2.00 bits per heavy atom. The van der Waals surface area contributed by atoms with Crippen LogP contribution in [0.4, 0.5) is 4.79 Å². The summed E-state index contributed by atoms with van der Waals surface area (Å²) in [6.07, 6.45) is 1.53. The predicted octanol–water partition coefficient (Wildman–Crippen LogP) is 2.32. The molecule has 7 heteroatoms. The second-order valence-electron chi connectivity index (χ2n) is 7.10. The van der Waals surface area contributed by atoms with Crippen molar-refractivity contribution in [2.45, 2.75) is 44.4 Å². The number of imide groups is 1. The van der Waals surface area contributed by atoms with Crippen LogP contribution < -0.4 is 0 Å². The molecule has 2 heterocycles. The number of amides is 2. The molecule has 1 aromatic carbocycles. The summed E-state index contributed by atoms with van der Waals surface area (Å²) in [6.45, 7) is 3.02. The van der Waals surface area contributed by atoms with Crippen molar-refractivity contribution in [2.75, 3.05) is 19.8 Å². The van der Waals surface area contributed by atoms with Crippen LogP contribution in [0.2, 0.25) is 0 Å². The molecule has 1 aromatic rings. The van der Waals surface area contributed by atoms with Crippen LogP contribution in [-0.4, -0.2) is 54.8 Å². The Balaban J connectivity index is 1.68. The van der Waals surface area contributed by atoms with Crippen molar-refractivity contribution in [3.8, 4) is 0 Å². The average molecular weight is 375 g/mol. The molecule has 0 saturated carbocycles. The monoisotopic (exact) mass is 375 g/mol. The average Bonchev–Trinajstić information content (AvgIpc) is 3.25. The number of carbonyl (C=O) groups is 3. The highest BCUT2D eigenvalue weighted by molar-refractivity contribution is 5.95. The van der Waals surface area contributed by atoms with Crippen molar-refractivity contribution in [1.82, 2.24) is 4.90 Å². The Bertz CT molecular complexity index is 670. The van der Waals surface area contributed by atoms with E-state index >= 15 is 0 Å². The Labute approximate surface area is 158 Å². The molecule has 0 N–H and O–H groups in total. The van der Waals surface area contributed by atoms with E-state index in [4.69, 9.17) is 14.2 Å². The molecule has 2 fully saturated rings. The number of hydrogen-bond acceptors (Lipinski definition) is 6. The zero-order valence-corrected chi connectivity index (χ0v) is 15.5. The molecular weight excluding hydrogens is 350 g/mol. The molecule has 0 bridgehead atoms. The van der Waals surface area contributed by atoms with Crippen molar-refractivity contribution in [3.63, 3.8) is 0 Å². The van der Waals surface area contributed by atoms with Crippen LogP contribution in [0.15, 0.2) is 30.3 Å². The van der Waals surface area contributed by atoms with E-state index < -0.39 is 17.8 Å². The standard InChI is InChI=1S/C20H25NO6/c1-20(26-11-12-27-20)9-7-16(8-10-22)18(23)21-17(14-25-19(21)24)13-15-5-3-2-4-6-15/h2-6,10,16-17H,7-9,11-14H2,1H3/t16?,17-/m1/s1. The van der Waals surface area contributed by atoms with Crippen LogP contribution in [-0.2, 0) is 30.2 Å². The van der Waals surface area contributed by atoms with Crippen LogP contribution in [0.25, 0.3) is 0 Å². The minimum Gasteiger partial charge on any atom is -0.447 e. The van der Waals surface area contributed by atoms with Gasteiger partial charge in [-0.3, -0.25) is 4.79 Å². The lowest BCUT2D eigenvalue weighted by atomic mass is 9.94. The van der Waals surface area contributed by atoms with Crippen LogP contribution >= 0.6 is 0 Å². The number of rotatable bonds is 8. The third-order valence-corrected chi connectivity index (χ3v) is 5.09. The molecule has 2 amide bonds. The smallest absolute Gasteiger partial charge is 0.416 e. The third-order valence-electron chi connectivity index (χ3n) is 5.09. The maximum absolute atomic E-state index is 13.0. The van der Waals surface area contributed by atoms with Gasteiger partial charge in [0.1, 0.15) is 12.9 Å². The highest BCUT2D eigenvalue weighted by Crippen LogP contribution is 2.29. The molecule has 0 spiro atoms. The first kappa shape index (κ1) is 19.5. The van der Waals surface area contributed by atoms with Gasteiger partial charge in [-0.2, -0.15) is 0 Å². The van der Waals surface area contributed by atoms with Crippen molar-refractivity contribution < 1.29 is 28.6 Å². The summed E-state index contributed by atoms with van der Waals surface area (Å²) in [6, 6.07) is 9.27. The van der Waals surface area contributed by atoms with Gasteiger partial charge >= 0.3 is 6.09 Å². The van der Waals surface area contributed by atoms with Crippen molar-refractivity contribution in [1.29, 1.82) is 0 Å². The quantitative estimate of drug-likeness (QED) is 0.649. The predicted molar refractivity (Wildman–Crippen MR) is 95.8 cm³/mol. The van der Waals surface area contributed by atoms with Crippen molar-refractivity contribution in [2.24, 2.45) is 5.92 Å². The molecular formula is C20H25NO6. The molecule has 2 aliphatic heterocycles. The van der Waals surface area contributed by atoms with E-state index in [1.54, 1.807) is 0 Å². The molecule has 3 rings (SSSR count). The Hall–Kier alpha value is -2.25. The van der Waals surface area contributed by atoms with E-state index in [9.17, 15) is 14.4 Å². The van der Waals surface area contributed by atoms with Gasteiger partial charge < -0.3 is 19.0 Å². The van der Waals surface area contributed by atoms with Crippen LogP contribution in [0.3, 0.4) is 0 Å². The van der Waals surface area contributed by atoms with Crippen LogP contribution in [0.1, 0.15) is 31.7 Å². The van der Waals surface area contributed by atoms with Gasteiger partial charge in [-0.1, -0.05) is 30.3 Å². The van der Waals surface area contributed by atoms with Gasteiger partial charge in [-0.05, 0) is 25.3 Å². The Morgan fingerprint density at radius 3 is 2.67 bits per heavy atom. The molecule has 0 radical (unpaired) electrons. The highest BCUT2D eigenvalue weighted by atomic mass is 16.7. The topological polar surface area (TPSA) is 82.1 Å². The maximum Gasteiger partial charge on any atom is 0.416 e. The second-order valence-corrected chi connectivity index (χ2v) is 7.10. The van der Waals surface area contributed by atoms with Crippen LogP contribution in [0, 0.1) is 5.92 Å². The number of cyclic esters (lactones) is 1. The Kier molecular flexibility index (Phi) is 6.23. The van der Waals surface area contributed by atoms with E-state index in [1.165, 1.54) is 4.90 Å². The van der Waals surface area contributed by atoms with Gasteiger partial charge in [0.05, 0.1) is 19.3 Å². The van der Waals surface area contributed by atoms with Gasteiger partial charge in [-0.25, -0.2) is 9.69 Å². The number of hydrogen-bond donors (Lipinski definition) is 0. The van der Waals surface area contributed by atoms with Gasteiger partial charge in [0.2, 0.25) is 5.91 Å². The molecule has 146 valence electrons. The lowest BCUT2D eigenvalue weighted by molar-refractivity contribution is -0.152. The van der Waals surface area contributed by atoms with Gasteiger partial charge in [0, 0.05) is 18.8 Å². The van der Waals surface area contributed by atoms with Crippen LogP contribution in [0.5, 0.6) is 0 Å². The molecule has 27 heavy (non-hydrogen) atoms. The zero-order valence-electron chi connectivity index (χ0n) is 15.5. The minimum absolute atomic E-state index is 0.0523. The first-order chi connectivity index (χ1) is 13.0. The second kappa shape index (κ2) is 8.63. The fourth-order valence-corrected chi connectivity index (χ4v) is 3.56. The normalized spacial score (nSPS) is 22.5. The Morgan fingerprint density at radius 1 is 1.30 bits per heavy atom. The summed E-state index contributed by atoms with van der Waals surface area (Å²) >= 11 is 0. The molecule has 0 aliphatic carbocycles. The van der Waals surface area contributed by atoms with E-state index in [1.807, 2.05) is 37.3 Å². The SMILES string of the molecule is CC1(CCC(CC=O)C(=O)N2C(=O)OC[C@H]2Cc2ccccc2)OCCO1. The number of nitrogens with zero attached hydrogens (tertiary/aromatic N) is 1. The lowest BCUT2D eigenvalue weighted by Crippen LogP contribution is -2.44. The zero-order chi connectivity index (χ0) is 19.3. The molecule has 2 aliphatic rings. The summed E-state index contributed by atoms with van der Waals surface area (Å²) in [4.78, 5) is 37.5. The fourth-order valence-electron chi connectivity index (χ4n) is 3.56. The first-order valence-corrected chi connectivity index (χ1v) is 9.28. The van der Waals surface area contributed by atoms with Gasteiger partial charge in [0.25, 0.3) is 0 Å². The first-order valence-electron chi connectivity index (χ1n) is 9.28. The lowest BCUT2D eigenvalue weighted by Gasteiger charge is -2.27. The van der Waals surface area contributed by atoms with E-state index in [0.717, 1.165) is 11.8 Å². The fraction of sp³-hybridized carbons (Fsp3) is 0.550. The summed E-state index contributed by atoms with van der Waals surface area (Å²) in [7, 11) is 0. The molecule has 2 saturated heterocycles. The largest absolute Gasteiger partial charge is 0.447 e. The van der Waals surface area contributed by atoms with Gasteiger partial charge in [0.15, 0.2) is 5.79 Å². The molecule has 0 aromatic heterocycles. The third kappa shape index (κ3) is 4.73. The summed E-state index contributed by atoms with van der Waals surface area (Å²) in [5.74, 6) is -1.71. The minimum atomic E-state index is -0.740. The number of aldehydes is 1. The number of carbonyl (C=O) groups excluding carboxylic acids is 3. The summed E-state index contributed by atoms with van der Waals surface area (Å²) in [5.41, 5.74) is 1.02. The van der Waals surface area contributed by atoms with E-state index in [2.05, 4.69) is 0 Å². The maximum atomic E-state index is 13.0. The van der Waals surface area contributed by atoms with Gasteiger partial charge in [-0.15, -0.1) is 0 Å². The number of ether oxygens (including phenoxy) is 3. The molecule has 1 unspecified atom stereocenters. The van der Waals surface area contributed by atoms with E-state index in [0.29, 0.717) is 32.5 Å². The summed E-state index contributed by atoms with van der Waals surface area (Å²) in [5, 5.41) is 0. The molecule has 2 atom stereocenters. The van der Waals surface area contributed by atoms with E-state index in [-0.39, 0.29) is 25.0 Å². The van der Waals surface area contributed by atoms with Crippen molar-refractivity contribution in [3.05, 3.63) is 35.9 Å².